The number of nitro benzene ring substituents is 1. The zero-order valence-corrected chi connectivity index (χ0v) is 18.5. The summed E-state index contributed by atoms with van der Waals surface area (Å²) in [5.41, 5.74) is 1.70. The van der Waals surface area contributed by atoms with E-state index in [2.05, 4.69) is 0 Å². The van der Waals surface area contributed by atoms with Gasteiger partial charge in [0.2, 0.25) is 0 Å². The number of amides is 1. The number of hydrogen-bond donors (Lipinski definition) is 0. The minimum absolute atomic E-state index is 0.0754. The second-order valence-electron chi connectivity index (χ2n) is 7.03. The Hall–Kier alpha value is -3.65. The Kier molecular flexibility index (Phi) is 6.95. The maximum absolute atomic E-state index is 13.2. The number of esters is 1. The van der Waals surface area contributed by atoms with Crippen LogP contribution < -0.4 is 4.74 Å². The highest BCUT2D eigenvalue weighted by Crippen LogP contribution is 2.34. The van der Waals surface area contributed by atoms with Crippen LogP contribution in [0.2, 0.25) is 5.02 Å². The van der Waals surface area contributed by atoms with E-state index in [1.54, 1.807) is 14.0 Å². The average molecular weight is 457 g/mol. The lowest BCUT2D eigenvalue weighted by Gasteiger charge is -2.18. The fourth-order valence-electron chi connectivity index (χ4n) is 3.44. The average Bonchev–Trinajstić information content (AvgIpc) is 3.02. The molecule has 0 saturated heterocycles. The molecule has 0 spiro atoms. The van der Waals surface area contributed by atoms with Gasteiger partial charge < -0.3 is 14.4 Å². The molecule has 9 heteroatoms. The zero-order chi connectivity index (χ0) is 23.4. The normalized spacial score (nSPS) is 14.8. The van der Waals surface area contributed by atoms with Crippen molar-refractivity contribution < 1.29 is 24.0 Å². The van der Waals surface area contributed by atoms with Crippen molar-refractivity contribution in [2.75, 3.05) is 20.8 Å². The SMILES string of the molecule is COC(=O)C1=C(C)N(CCc2ccc(OC)cc2)C(=O)/C1=C\c1cc([N+](=O)[O-])ccc1Cl. The maximum atomic E-state index is 13.2. The number of ether oxygens (including phenoxy) is 2. The molecule has 166 valence electrons. The summed E-state index contributed by atoms with van der Waals surface area (Å²) < 4.78 is 10.0. The Morgan fingerprint density at radius 2 is 1.88 bits per heavy atom. The molecule has 0 N–H and O–H groups in total. The van der Waals surface area contributed by atoms with E-state index in [1.165, 1.54) is 36.3 Å². The molecule has 0 radical (unpaired) electrons. The Balaban J connectivity index is 1.95. The second-order valence-corrected chi connectivity index (χ2v) is 7.43. The minimum atomic E-state index is -0.671. The van der Waals surface area contributed by atoms with E-state index in [9.17, 15) is 19.7 Å². The van der Waals surface area contributed by atoms with Crippen molar-refractivity contribution in [1.82, 2.24) is 4.90 Å². The van der Waals surface area contributed by atoms with Crippen molar-refractivity contribution in [3.8, 4) is 5.75 Å². The van der Waals surface area contributed by atoms with Gasteiger partial charge in [-0.05, 0) is 43.2 Å². The van der Waals surface area contributed by atoms with Gasteiger partial charge in [0.05, 0.1) is 30.3 Å². The molecule has 2 aromatic carbocycles. The van der Waals surface area contributed by atoms with E-state index in [0.717, 1.165) is 11.3 Å². The molecule has 0 saturated carbocycles. The Labute approximate surface area is 189 Å². The summed E-state index contributed by atoms with van der Waals surface area (Å²) in [6.07, 6.45) is 1.94. The van der Waals surface area contributed by atoms with E-state index >= 15 is 0 Å². The van der Waals surface area contributed by atoms with Gasteiger partial charge in [0.15, 0.2) is 0 Å². The van der Waals surface area contributed by atoms with Gasteiger partial charge in [-0.3, -0.25) is 14.9 Å². The molecule has 0 aromatic heterocycles. The molecule has 0 atom stereocenters. The third-order valence-electron chi connectivity index (χ3n) is 5.17. The number of methoxy groups -OCH3 is 2. The summed E-state index contributed by atoms with van der Waals surface area (Å²) in [5, 5.41) is 11.3. The zero-order valence-electron chi connectivity index (χ0n) is 17.8. The van der Waals surface area contributed by atoms with Crippen molar-refractivity contribution in [1.29, 1.82) is 0 Å². The predicted molar refractivity (Wildman–Crippen MR) is 119 cm³/mol. The number of nitro groups is 1. The van der Waals surface area contributed by atoms with Crippen molar-refractivity contribution in [3.05, 3.63) is 85.6 Å². The van der Waals surface area contributed by atoms with Gasteiger partial charge in [-0.25, -0.2) is 4.79 Å². The maximum Gasteiger partial charge on any atom is 0.340 e. The number of nitrogens with zero attached hydrogens (tertiary/aromatic N) is 2. The van der Waals surface area contributed by atoms with Crippen molar-refractivity contribution >= 4 is 35.2 Å². The first kappa shape index (κ1) is 23.0. The second kappa shape index (κ2) is 9.65. The summed E-state index contributed by atoms with van der Waals surface area (Å²) in [4.78, 5) is 37.7. The van der Waals surface area contributed by atoms with Crippen LogP contribution in [0.25, 0.3) is 6.08 Å². The van der Waals surface area contributed by atoms with Crippen molar-refractivity contribution in [2.24, 2.45) is 0 Å². The number of allylic oxidation sites excluding steroid dienone is 1. The molecule has 1 heterocycles. The predicted octanol–water partition coefficient (Wildman–Crippen LogP) is 4.17. The monoisotopic (exact) mass is 456 g/mol. The highest BCUT2D eigenvalue weighted by Gasteiger charge is 2.37. The number of halogens is 1. The van der Waals surface area contributed by atoms with Gasteiger partial charge in [-0.2, -0.15) is 0 Å². The first-order valence-corrected chi connectivity index (χ1v) is 10.0. The van der Waals surface area contributed by atoms with Crippen LogP contribution in [-0.4, -0.2) is 42.5 Å². The van der Waals surface area contributed by atoms with Crippen LogP contribution >= 0.6 is 11.6 Å². The highest BCUT2D eigenvalue weighted by atomic mass is 35.5. The first-order valence-electron chi connectivity index (χ1n) is 9.66. The smallest absolute Gasteiger partial charge is 0.340 e. The molecule has 0 fully saturated rings. The number of rotatable bonds is 7. The van der Waals surface area contributed by atoms with Crippen LogP contribution in [0, 0.1) is 10.1 Å². The van der Waals surface area contributed by atoms with Crippen molar-refractivity contribution in [3.63, 3.8) is 0 Å². The number of hydrogen-bond acceptors (Lipinski definition) is 6. The molecule has 1 amide bonds. The summed E-state index contributed by atoms with van der Waals surface area (Å²) >= 11 is 6.19. The quantitative estimate of drug-likeness (QED) is 0.268. The summed E-state index contributed by atoms with van der Waals surface area (Å²) in [7, 11) is 2.81. The van der Waals surface area contributed by atoms with Crippen LogP contribution in [0.1, 0.15) is 18.1 Å². The number of non-ortho nitro benzene ring substituents is 1. The fraction of sp³-hybridized carbons (Fsp3) is 0.217. The third kappa shape index (κ3) is 4.65. The topological polar surface area (TPSA) is 99.0 Å². The van der Waals surface area contributed by atoms with Crippen LogP contribution in [-0.2, 0) is 20.7 Å². The molecule has 0 unspecified atom stereocenters. The van der Waals surface area contributed by atoms with E-state index in [-0.39, 0.29) is 27.4 Å². The summed E-state index contributed by atoms with van der Waals surface area (Å²) in [6.45, 7) is 1.99. The van der Waals surface area contributed by atoms with E-state index < -0.39 is 16.8 Å². The molecule has 2 aromatic rings. The summed E-state index contributed by atoms with van der Waals surface area (Å²) in [6, 6.07) is 11.4. The van der Waals surface area contributed by atoms with Gasteiger partial charge in [-0.1, -0.05) is 23.7 Å². The van der Waals surface area contributed by atoms with Crippen molar-refractivity contribution in [2.45, 2.75) is 13.3 Å². The molecular formula is C23H21ClN2O6. The highest BCUT2D eigenvalue weighted by molar-refractivity contribution is 6.32. The lowest BCUT2D eigenvalue weighted by molar-refractivity contribution is -0.384. The Bertz CT molecular complexity index is 1140. The van der Waals surface area contributed by atoms with E-state index in [0.29, 0.717) is 18.7 Å². The molecule has 0 aliphatic carbocycles. The van der Waals surface area contributed by atoms with Gasteiger partial charge in [0.1, 0.15) is 5.75 Å². The number of carbonyl (C=O) groups is 2. The first-order chi connectivity index (χ1) is 15.3. The number of carbonyl (C=O) groups excluding carboxylic acids is 2. The van der Waals surface area contributed by atoms with Gasteiger partial charge in [0.25, 0.3) is 11.6 Å². The standard InChI is InChI=1S/C23H21ClN2O6/c1-14-21(23(28)32-3)19(13-16-12-17(26(29)30)6-9-20(16)24)22(27)25(14)11-10-15-4-7-18(31-2)8-5-15/h4-9,12-13H,10-11H2,1-3H3/b19-13-. The third-order valence-corrected chi connectivity index (χ3v) is 5.52. The van der Waals surface area contributed by atoms with Gasteiger partial charge in [-0.15, -0.1) is 0 Å². The lowest BCUT2D eigenvalue weighted by atomic mass is 10.0. The van der Waals surface area contributed by atoms with Crippen LogP contribution in [0.5, 0.6) is 5.75 Å². The van der Waals surface area contributed by atoms with Crippen LogP contribution in [0.3, 0.4) is 0 Å². The van der Waals surface area contributed by atoms with E-state index in [1.807, 2.05) is 24.3 Å². The molecule has 1 aliphatic heterocycles. The Morgan fingerprint density at radius 1 is 1.19 bits per heavy atom. The van der Waals surface area contributed by atoms with Crippen LogP contribution in [0.4, 0.5) is 5.69 Å². The van der Waals surface area contributed by atoms with E-state index in [4.69, 9.17) is 21.1 Å². The van der Waals surface area contributed by atoms with Crippen LogP contribution in [0.15, 0.2) is 59.3 Å². The summed E-state index contributed by atoms with van der Waals surface area (Å²) in [5.74, 6) is -0.344. The molecule has 1 aliphatic rings. The molecule has 32 heavy (non-hydrogen) atoms. The molecule has 0 bridgehead atoms. The fourth-order valence-corrected chi connectivity index (χ4v) is 3.61. The largest absolute Gasteiger partial charge is 0.497 e. The molecule has 8 nitrogen and oxygen atoms in total. The van der Waals surface area contributed by atoms with Gasteiger partial charge in [0, 0.05) is 35.0 Å². The minimum Gasteiger partial charge on any atom is -0.497 e. The molecule has 3 rings (SSSR count). The number of benzene rings is 2. The lowest BCUT2D eigenvalue weighted by Crippen LogP contribution is -2.27. The van der Waals surface area contributed by atoms with Gasteiger partial charge >= 0.3 is 5.97 Å². The Morgan fingerprint density at radius 3 is 2.47 bits per heavy atom. The molecular weight excluding hydrogens is 436 g/mol.